The Morgan fingerprint density at radius 1 is 0.758 bits per heavy atom. The summed E-state index contributed by atoms with van der Waals surface area (Å²) in [5.74, 6) is 0.813. The lowest BCUT2D eigenvalue weighted by atomic mass is 10.1. The molecule has 0 unspecified atom stereocenters. The third kappa shape index (κ3) is 17.7. The average molecular weight is 485 g/mol. The zero-order valence-electron chi connectivity index (χ0n) is 21.4. The zero-order chi connectivity index (χ0) is 23.3. The second-order valence-corrected chi connectivity index (χ2v) is 8.55. The first-order valence-corrected chi connectivity index (χ1v) is 13.1. The number of rotatable bonds is 20. The molecular formula is C27H49ClN2O3. The Bertz CT molecular complexity index is 565. The SMILES string of the molecule is CCCCCCCCCCCCCCOC(=O)Nc1ccc(OCCN(CC)CC)cc1.Cl. The maximum Gasteiger partial charge on any atom is 0.411 e. The van der Waals surface area contributed by atoms with Gasteiger partial charge in [0, 0.05) is 12.2 Å². The number of ether oxygens (including phenoxy) is 2. The molecule has 0 atom stereocenters. The summed E-state index contributed by atoms with van der Waals surface area (Å²) in [6.07, 6.45) is 15.2. The number of hydrogen-bond donors (Lipinski definition) is 1. The lowest BCUT2D eigenvalue weighted by Crippen LogP contribution is -2.27. The molecule has 1 rings (SSSR count). The van der Waals surface area contributed by atoms with E-state index in [9.17, 15) is 4.79 Å². The van der Waals surface area contributed by atoms with Crippen LogP contribution in [0.15, 0.2) is 24.3 Å². The highest BCUT2D eigenvalue weighted by Gasteiger charge is 2.04. The van der Waals surface area contributed by atoms with E-state index < -0.39 is 0 Å². The fourth-order valence-electron chi connectivity index (χ4n) is 3.73. The number of anilines is 1. The van der Waals surface area contributed by atoms with Crippen molar-refractivity contribution in [1.82, 2.24) is 4.90 Å². The molecule has 0 bridgehead atoms. The van der Waals surface area contributed by atoms with Gasteiger partial charge < -0.3 is 14.4 Å². The Balaban J connectivity index is 0.0000102. The van der Waals surface area contributed by atoms with Crippen molar-refractivity contribution in [1.29, 1.82) is 0 Å². The second kappa shape index (κ2) is 22.3. The van der Waals surface area contributed by atoms with Crippen LogP contribution in [-0.4, -0.2) is 43.8 Å². The molecule has 5 nitrogen and oxygen atoms in total. The first-order valence-electron chi connectivity index (χ1n) is 13.1. The average Bonchev–Trinajstić information content (AvgIpc) is 2.81. The third-order valence-corrected chi connectivity index (χ3v) is 5.90. The molecule has 0 saturated carbocycles. The van der Waals surface area contributed by atoms with E-state index in [0.717, 1.165) is 43.9 Å². The Labute approximate surface area is 209 Å². The summed E-state index contributed by atoms with van der Waals surface area (Å²) >= 11 is 0. The van der Waals surface area contributed by atoms with Crippen LogP contribution in [0.1, 0.15) is 97.8 Å². The summed E-state index contributed by atoms with van der Waals surface area (Å²) in [4.78, 5) is 14.3. The Hall–Kier alpha value is -1.46. The molecule has 0 fully saturated rings. The Morgan fingerprint density at radius 2 is 1.27 bits per heavy atom. The smallest absolute Gasteiger partial charge is 0.411 e. The molecule has 6 heteroatoms. The molecule has 0 saturated heterocycles. The highest BCUT2D eigenvalue weighted by molar-refractivity contribution is 5.85. The number of unbranched alkanes of at least 4 members (excludes halogenated alkanes) is 11. The summed E-state index contributed by atoms with van der Waals surface area (Å²) in [6.45, 7) is 10.7. The van der Waals surface area contributed by atoms with Gasteiger partial charge in [-0.15, -0.1) is 12.4 Å². The van der Waals surface area contributed by atoms with E-state index in [4.69, 9.17) is 9.47 Å². The predicted octanol–water partition coefficient (Wildman–Crippen LogP) is 8.08. The molecule has 0 radical (unpaired) electrons. The summed E-state index contributed by atoms with van der Waals surface area (Å²) < 4.78 is 11.1. The van der Waals surface area contributed by atoms with E-state index >= 15 is 0 Å². The van der Waals surface area contributed by atoms with Crippen LogP contribution in [0.2, 0.25) is 0 Å². The van der Waals surface area contributed by atoms with Crippen molar-refractivity contribution < 1.29 is 14.3 Å². The molecule has 0 aliphatic heterocycles. The largest absolute Gasteiger partial charge is 0.492 e. The van der Waals surface area contributed by atoms with Crippen LogP contribution in [0, 0.1) is 0 Å². The van der Waals surface area contributed by atoms with Gasteiger partial charge in [-0.25, -0.2) is 4.79 Å². The van der Waals surface area contributed by atoms with Gasteiger partial charge in [-0.2, -0.15) is 0 Å². The summed E-state index contributed by atoms with van der Waals surface area (Å²) in [5, 5.41) is 2.78. The van der Waals surface area contributed by atoms with Gasteiger partial charge in [0.25, 0.3) is 0 Å². The van der Waals surface area contributed by atoms with Crippen LogP contribution < -0.4 is 10.1 Å². The topological polar surface area (TPSA) is 50.8 Å². The van der Waals surface area contributed by atoms with E-state index in [1.165, 1.54) is 64.2 Å². The van der Waals surface area contributed by atoms with Crippen LogP contribution in [0.3, 0.4) is 0 Å². The minimum Gasteiger partial charge on any atom is -0.492 e. The normalized spacial score (nSPS) is 10.7. The highest BCUT2D eigenvalue weighted by Crippen LogP contribution is 2.16. The first-order chi connectivity index (χ1) is 15.7. The quantitative estimate of drug-likeness (QED) is 0.190. The molecule has 1 N–H and O–H groups in total. The Kier molecular flexibility index (Phi) is 21.3. The molecule has 0 aromatic heterocycles. The number of carbonyl (C=O) groups is 1. The predicted molar refractivity (Wildman–Crippen MR) is 143 cm³/mol. The molecule has 1 aromatic carbocycles. The molecule has 0 aliphatic rings. The van der Waals surface area contributed by atoms with Crippen LogP contribution in [0.25, 0.3) is 0 Å². The number of amides is 1. The minimum absolute atomic E-state index is 0. The highest BCUT2D eigenvalue weighted by atomic mass is 35.5. The number of benzene rings is 1. The van der Waals surface area contributed by atoms with E-state index in [1.807, 2.05) is 24.3 Å². The van der Waals surface area contributed by atoms with Crippen molar-refractivity contribution in [2.45, 2.75) is 97.8 Å². The van der Waals surface area contributed by atoms with Crippen molar-refractivity contribution in [2.24, 2.45) is 0 Å². The van der Waals surface area contributed by atoms with Gasteiger partial charge in [0.2, 0.25) is 0 Å². The van der Waals surface area contributed by atoms with Crippen LogP contribution in [-0.2, 0) is 4.74 Å². The van der Waals surface area contributed by atoms with Gasteiger partial charge in [0.1, 0.15) is 12.4 Å². The molecule has 1 aromatic rings. The number of nitrogens with one attached hydrogen (secondary N) is 1. The van der Waals surface area contributed by atoms with Crippen LogP contribution in [0.5, 0.6) is 5.75 Å². The maximum atomic E-state index is 11.9. The van der Waals surface area contributed by atoms with Gasteiger partial charge in [0.15, 0.2) is 0 Å². The van der Waals surface area contributed by atoms with Gasteiger partial charge in [-0.3, -0.25) is 5.32 Å². The van der Waals surface area contributed by atoms with E-state index in [0.29, 0.717) is 13.2 Å². The molecule has 33 heavy (non-hydrogen) atoms. The first kappa shape index (κ1) is 31.5. The van der Waals surface area contributed by atoms with Crippen molar-refractivity contribution in [3.8, 4) is 5.75 Å². The van der Waals surface area contributed by atoms with E-state index in [1.54, 1.807) is 0 Å². The molecule has 0 heterocycles. The second-order valence-electron chi connectivity index (χ2n) is 8.55. The van der Waals surface area contributed by atoms with Crippen molar-refractivity contribution in [3.63, 3.8) is 0 Å². The molecule has 0 aliphatic carbocycles. The van der Waals surface area contributed by atoms with Crippen LogP contribution in [0.4, 0.5) is 10.5 Å². The fourth-order valence-corrected chi connectivity index (χ4v) is 3.73. The number of hydrogen-bond acceptors (Lipinski definition) is 4. The zero-order valence-corrected chi connectivity index (χ0v) is 22.2. The summed E-state index contributed by atoms with van der Waals surface area (Å²) in [6, 6.07) is 7.45. The summed E-state index contributed by atoms with van der Waals surface area (Å²) in [5.41, 5.74) is 0.723. The molecule has 0 spiro atoms. The maximum absolute atomic E-state index is 11.9. The summed E-state index contributed by atoms with van der Waals surface area (Å²) in [7, 11) is 0. The van der Waals surface area contributed by atoms with Gasteiger partial charge in [-0.05, 0) is 43.8 Å². The lowest BCUT2D eigenvalue weighted by Gasteiger charge is -2.18. The van der Waals surface area contributed by atoms with E-state index in [2.05, 4.69) is 31.0 Å². The standard InChI is InChI=1S/C27H48N2O3.ClH/c1-4-7-8-9-10-11-12-13-14-15-16-17-23-32-27(30)28-25-18-20-26(21-19-25)31-24-22-29(5-2)6-3;/h18-21H,4-17,22-24H2,1-3H3,(H,28,30);1H. The van der Waals surface area contributed by atoms with E-state index in [-0.39, 0.29) is 18.5 Å². The Morgan fingerprint density at radius 3 is 1.79 bits per heavy atom. The van der Waals surface area contributed by atoms with Crippen molar-refractivity contribution >= 4 is 24.2 Å². The van der Waals surface area contributed by atoms with Gasteiger partial charge in [0.05, 0.1) is 6.61 Å². The third-order valence-electron chi connectivity index (χ3n) is 5.90. The van der Waals surface area contributed by atoms with Crippen molar-refractivity contribution in [3.05, 3.63) is 24.3 Å². The van der Waals surface area contributed by atoms with Gasteiger partial charge in [-0.1, -0.05) is 91.4 Å². The fraction of sp³-hybridized carbons (Fsp3) is 0.741. The van der Waals surface area contributed by atoms with Crippen LogP contribution >= 0.6 is 12.4 Å². The monoisotopic (exact) mass is 484 g/mol. The number of carbonyl (C=O) groups excluding carboxylic acids is 1. The minimum atomic E-state index is -0.386. The number of nitrogens with zero attached hydrogens (tertiary/aromatic N) is 1. The van der Waals surface area contributed by atoms with Gasteiger partial charge >= 0.3 is 6.09 Å². The lowest BCUT2D eigenvalue weighted by molar-refractivity contribution is 0.159. The molecular weight excluding hydrogens is 436 g/mol. The number of halogens is 1. The number of likely N-dealkylation sites (N-methyl/N-ethyl adjacent to an activating group) is 1. The molecule has 1 amide bonds. The van der Waals surface area contributed by atoms with Crippen molar-refractivity contribution in [2.75, 3.05) is 38.2 Å². The molecule has 192 valence electrons.